The third-order valence-electron chi connectivity index (χ3n) is 2.51. The molecule has 3 nitrogen and oxygen atoms in total. The summed E-state index contributed by atoms with van der Waals surface area (Å²) in [5.41, 5.74) is 0.796. The Balaban J connectivity index is 2.60. The predicted molar refractivity (Wildman–Crippen MR) is 67.4 cm³/mol. The van der Waals surface area contributed by atoms with Gasteiger partial charge >= 0.3 is 0 Å². The number of anilines is 1. The van der Waals surface area contributed by atoms with E-state index in [4.69, 9.17) is 5.26 Å². The third-order valence-corrected chi connectivity index (χ3v) is 2.51. The minimum absolute atomic E-state index is 0.194. The summed E-state index contributed by atoms with van der Waals surface area (Å²) in [5, 5.41) is 11.7. The maximum atomic E-state index is 13.6. The molecule has 17 heavy (non-hydrogen) atoms. The first-order valence-electron chi connectivity index (χ1n) is 5.64. The lowest BCUT2D eigenvalue weighted by Crippen LogP contribution is -2.23. The van der Waals surface area contributed by atoms with E-state index in [1.165, 1.54) is 6.07 Å². The topological polar surface area (TPSA) is 39.1 Å². The Hall–Kier alpha value is -1.60. The van der Waals surface area contributed by atoms with Crippen molar-refractivity contribution in [3.8, 4) is 6.07 Å². The molecular formula is C13H18FN3. The van der Waals surface area contributed by atoms with Crippen molar-refractivity contribution in [3.63, 3.8) is 0 Å². The average molecular weight is 235 g/mol. The van der Waals surface area contributed by atoms with E-state index < -0.39 is 0 Å². The Bertz CT molecular complexity index is 410. The zero-order valence-electron chi connectivity index (χ0n) is 10.5. The fourth-order valence-electron chi connectivity index (χ4n) is 1.49. The molecule has 0 aromatic heterocycles. The van der Waals surface area contributed by atoms with Crippen LogP contribution in [0.2, 0.25) is 0 Å². The Labute approximate surface area is 102 Å². The normalized spacial score (nSPS) is 12.2. The van der Waals surface area contributed by atoms with Crippen LogP contribution in [0, 0.1) is 17.1 Å². The van der Waals surface area contributed by atoms with Crippen LogP contribution in [0.5, 0.6) is 0 Å². The van der Waals surface area contributed by atoms with Gasteiger partial charge in [0.15, 0.2) is 0 Å². The number of halogens is 1. The van der Waals surface area contributed by atoms with Crippen molar-refractivity contribution in [2.24, 2.45) is 0 Å². The molecule has 4 heteroatoms. The van der Waals surface area contributed by atoms with Crippen molar-refractivity contribution < 1.29 is 4.39 Å². The van der Waals surface area contributed by atoms with Crippen LogP contribution >= 0.6 is 0 Å². The van der Waals surface area contributed by atoms with Crippen LogP contribution in [0.4, 0.5) is 10.1 Å². The van der Waals surface area contributed by atoms with Gasteiger partial charge in [-0.15, -0.1) is 0 Å². The molecule has 1 aromatic rings. The molecule has 1 N–H and O–H groups in total. The van der Waals surface area contributed by atoms with Gasteiger partial charge in [-0.3, -0.25) is 0 Å². The fourth-order valence-corrected chi connectivity index (χ4v) is 1.49. The minimum atomic E-state index is -0.374. The Morgan fingerprint density at radius 1 is 1.47 bits per heavy atom. The second-order valence-corrected chi connectivity index (χ2v) is 4.44. The summed E-state index contributed by atoms with van der Waals surface area (Å²) in [6.45, 7) is 2.97. The highest BCUT2D eigenvalue weighted by Gasteiger charge is 2.07. The number of hydrogen-bond donors (Lipinski definition) is 1. The van der Waals surface area contributed by atoms with Gasteiger partial charge in [-0.1, -0.05) is 0 Å². The molecule has 92 valence electrons. The Morgan fingerprint density at radius 3 is 2.71 bits per heavy atom. The van der Waals surface area contributed by atoms with Crippen molar-refractivity contribution in [2.45, 2.75) is 19.4 Å². The van der Waals surface area contributed by atoms with E-state index in [0.29, 0.717) is 11.3 Å². The predicted octanol–water partition coefficient (Wildman–Crippen LogP) is 2.45. The van der Waals surface area contributed by atoms with Gasteiger partial charge in [0.1, 0.15) is 5.82 Å². The number of nitrogens with one attached hydrogen (secondary N) is 1. The van der Waals surface area contributed by atoms with Gasteiger partial charge in [0.25, 0.3) is 0 Å². The van der Waals surface area contributed by atoms with E-state index in [1.807, 2.05) is 27.1 Å². The molecule has 0 fully saturated rings. The minimum Gasteiger partial charge on any atom is -0.380 e. The molecule has 0 heterocycles. The van der Waals surface area contributed by atoms with E-state index in [-0.39, 0.29) is 11.9 Å². The number of benzene rings is 1. The zero-order chi connectivity index (χ0) is 12.8. The molecule has 0 saturated heterocycles. The standard InChI is InChI=1S/C13H18FN3/c1-10(6-7-17(2)3)16-13-5-4-11(9-15)8-12(13)14/h4-5,8,10,16H,6-7H2,1-3H3. The summed E-state index contributed by atoms with van der Waals surface area (Å²) in [6, 6.07) is 6.59. The molecule has 0 radical (unpaired) electrons. The summed E-state index contributed by atoms with van der Waals surface area (Å²) in [5.74, 6) is -0.374. The molecule has 0 aliphatic rings. The lowest BCUT2D eigenvalue weighted by Gasteiger charge is -2.18. The van der Waals surface area contributed by atoms with Crippen molar-refractivity contribution in [2.75, 3.05) is 26.0 Å². The van der Waals surface area contributed by atoms with Crippen LogP contribution in [0.3, 0.4) is 0 Å². The molecule has 1 atom stereocenters. The second kappa shape index (κ2) is 6.21. The number of nitrogens with zero attached hydrogens (tertiary/aromatic N) is 2. The van der Waals surface area contributed by atoms with E-state index in [0.717, 1.165) is 13.0 Å². The van der Waals surface area contributed by atoms with Gasteiger partial charge in [-0.2, -0.15) is 5.26 Å². The van der Waals surface area contributed by atoms with Crippen molar-refractivity contribution in [1.29, 1.82) is 5.26 Å². The van der Waals surface area contributed by atoms with Gasteiger partial charge in [-0.25, -0.2) is 4.39 Å². The first-order chi connectivity index (χ1) is 8.02. The second-order valence-electron chi connectivity index (χ2n) is 4.44. The summed E-state index contributed by atoms with van der Waals surface area (Å²) < 4.78 is 13.6. The Morgan fingerprint density at radius 2 is 2.18 bits per heavy atom. The van der Waals surface area contributed by atoms with E-state index in [2.05, 4.69) is 10.2 Å². The molecule has 0 aliphatic carbocycles. The molecular weight excluding hydrogens is 217 g/mol. The smallest absolute Gasteiger partial charge is 0.147 e. The molecule has 1 aromatic carbocycles. The highest BCUT2D eigenvalue weighted by molar-refractivity contribution is 5.49. The number of hydrogen-bond acceptors (Lipinski definition) is 3. The van der Waals surface area contributed by atoms with Gasteiger partial charge in [0.2, 0.25) is 0 Å². The molecule has 1 unspecified atom stereocenters. The first-order valence-corrected chi connectivity index (χ1v) is 5.64. The van der Waals surface area contributed by atoms with Crippen LogP contribution in [0.15, 0.2) is 18.2 Å². The summed E-state index contributed by atoms with van der Waals surface area (Å²) >= 11 is 0. The lowest BCUT2D eigenvalue weighted by atomic mass is 10.1. The fraction of sp³-hybridized carbons (Fsp3) is 0.462. The Kier molecular flexibility index (Phi) is 4.92. The van der Waals surface area contributed by atoms with Gasteiger partial charge in [-0.05, 0) is 52.2 Å². The van der Waals surface area contributed by atoms with Crippen LogP contribution in [-0.2, 0) is 0 Å². The molecule has 0 spiro atoms. The zero-order valence-corrected chi connectivity index (χ0v) is 10.5. The average Bonchev–Trinajstić information content (AvgIpc) is 2.29. The molecule has 0 saturated carbocycles. The van der Waals surface area contributed by atoms with Crippen molar-refractivity contribution >= 4 is 5.69 Å². The summed E-state index contributed by atoms with van der Waals surface area (Å²) in [4.78, 5) is 2.09. The highest BCUT2D eigenvalue weighted by atomic mass is 19.1. The highest BCUT2D eigenvalue weighted by Crippen LogP contribution is 2.16. The van der Waals surface area contributed by atoms with Crippen LogP contribution < -0.4 is 5.32 Å². The van der Waals surface area contributed by atoms with Crippen molar-refractivity contribution in [1.82, 2.24) is 4.90 Å². The van der Waals surface area contributed by atoms with Crippen molar-refractivity contribution in [3.05, 3.63) is 29.6 Å². The van der Waals surface area contributed by atoms with Crippen LogP contribution in [-0.4, -0.2) is 31.6 Å². The van der Waals surface area contributed by atoms with Gasteiger partial charge in [0, 0.05) is 6.04 Å². The quantitative estimate of drug-likeness (QED) is 0.852. The van der Waals surface area contributed by atoms with Gasteiger partial charge < -0.3 is 10.2 Å². The molecule has 0 aliphatic heterocycles. The monoisotopic (exact) mass is 235 g/mol. The summed E-state index contributed by atoms with van der Waals surface area (Å²) in [6.07, 6.45) is 0.937. The van der Waals surface area contributed by atoms with E-state index in [9.17, 15) is 4.39 Å². The van der Waals surface area contributed by atoms with E-state index in [1.54, 1.807) is 12.1 Å². The largest absolute Gasteiger partial charge is 0.380 e. The number of rotatable bonds is 5. The maximum Gasteiger partial charge on any atom is 0.147 e. The SMILES string of the molecule is CC(CCN(C)C)Nc1ccc(C#N)cc1F. The maximum absolute atomic E-state index is 13.6. The van der Waals surface area contributed by atoms with Crippen LogP contribution in [0.25, 0.3) is 0 Å². The number of nitriles is 1. The first kappa shape index (κ1) is 13.5. The molecule has 1 rings (SSSR count). The van der Waals surface area contributed by atoms with Gasteiger partial charge in [0.05, 0.1) is 17.3 Å². The molecule has 0 amide bonds. The van der Waals surface area contributed by atoms with E-state index >= 15 is 0 Å². The summed E-state index contributed by atoms with van der Waals surface area (Å²) in [7, 11) is 4.02. The lowest BCUT2D eigenvalue weighted by molar-refractivity contribution is 0.390. The molecule has 0 bridgehead atoms. The van der Waals surface area contributed by atoms with Crippen LogP contribution in [0.1, 0.15) is 18.9 Å². The third kappa shape index (κ3) is 4.41.